The second-order valence-electron chi connectivity index (χ2n) is 11.0. The van der Waals surface area contributed by atoms with Gasteiger partial charge >= 0.3 is 12.1 Å². The van der Waals surface area contributed by atoms with Crippen molar-refractivity contribution in [1.29, 1.82) is 0 Å². The molecule has 0 aliphatic carbocycles. The fraction of sp³-hybridized carbons (Fsp3) is 0.630. The Morgan fingerprint density at radius 3 is 2.17 bits per heavy atom. The Balaban J connectivity index is 2.12. The SMILES string of the molecule is COC(=O)C[C@H](NC(=O)[C@H]1OC(O)[C@H](NC(=O)[C@H](CC(C)C)NC(=O)OC(C)(C)C)[C@@H](O)[C@H]1O)c1ccccc1. The number of hydrogen-bond donors (Lipinski definition) is 6. The van der Waals surface area contributed by atoms with Crippen LogP contribution < -0.4 is 16.0 Å². The first-order valence-corrected chi connectivity index (χ1v) is 13.0. The van der Waals surface area contributed by atoms with Gasteiger partial charge < -0.3 is 45.5 Å². The number of carbonyl (C=O) groups excluding carboxylic acids is 4. The van der Waals surface area contributed by atoms with Crippen molar-refractivity contribution in [2.45, 2.75) is 95.8 Å². The molecule has 224 valence electrons. The highest BCUT2D eigenvalue weighted by Crippen LogP contribution is 2.23. The van der Waals surface area contributed by atoms with E-state index in [4.69, 9.17) is 14.2 Å². The summed E-state index contributed by atoms with van der Waals surface area (Å²) >= 11 is 0. The van der Waals surface area contributed by atoms with Crippen LogP contribution in [0.4, 0.5) is 4.79 Å². The van der Waals surface area contributed by atoms with Gasteiger partial charge in [0.05, 0.1) is 19.6 Å². The molecule has 0 aromatic heterocycles. The lowest BCUT2D eigenvalue weighted by atomic mass is 9.94. The summed E-state index contributed by atoms with van der Waals surface area (Å²) in [6, 6.07) is 5.08. The van der Waals surface area contributed by atoms with Gasteiger partial charge in [0.15, 0.2) is 12.4 Å². The first-order chi connectivity index (χ1) is 18.6. The summed E-state index contributed by atoms with van der Waals surface area (Å²) in [5, 5.41) is 39.5. The summed E-state index contributed by atoms with van der Waals surface area (Å²) in [4.78, 5) is 50.2. The van der Waals surface area contributed by atoms with Crippen molar-refractivity contribution in [1.82, 2.24) is 16.0 Å². The van der Waals surface area contributed by atoms with Crippen molar-refractivity contribution in [2.75, 3.05) is 7.11 Å². The first kappa shape index (κ1) is 32.9. The molecule has 2 rings (SSSR count). The van der Waals surface area contributed by atoms with Crippen molar-refractivity contribution in [2.24, 2.45) is 5.92 Å². The van der Waals surface area contributed by atoms with Crippen LogP contribution in [-0.2, 0) is 28.6 Å². The van der Waals surface area contributed by atoms with Crippen LogP contribution in [0.15, 0.2) is 30.3 Å². The van der Waals surface area contributed by atoms with Gasteiger partial charge in [-0.3, -0.25) is 14.4 Å². The molecule has 1 aliphatic heterocycles. The number of aliphatic hydroxyl groups excluding tert-OH is 3. The standard InChI is InChI=1S/C27H41N3O10/c1-14(2)12-17(29-26(37)40-27(3,4)5)23(34)30-19-20(32)21(33)22(39-25(19)36)24(35)28-16(13-18(31)38-6)15-10-8-7-9-11-15/h7-11,14,16-17,19-22,25,32-33,36H,12-13H2,1-6H3,(H,28,35)(H,29,37)(H,30,34)/t16-,17-,19+,20+,21+,22-,25?/m0/s1. The summed E-state index contributed by atoms with van der Waals surface area (Å²) < 4.78 is 15.2. The number of alkyl carbamates (subject to hydrolysis) is 1. The van der Waals surface area contributed by atoms with E-state index in [0.717, 1.165) is 0 Å². The summed E-state index contributed by atoms with van der Waals surface area (Å²) in [5.41, 5.74) is -0.228. The number of rotatable bonds is 10. The largest absolute Gasteiger partial charge is 0.469 e. The molecule has 1 heterocycles. The zero-order valence-electron chi connectivity index (χ0n) is 23.6. The van der Waals surface area contributed by atoms with Gasteiger partial charge in [0.1, 0.15) is 29.9 Å². The second-order valence-corrected chi connectivity index (χ2v) is 11.0. The monoisotopic (exact) mass is 567 g/mol. The molecule has 1 aromatic rings. The molecule has 3 amide bonds. The average molecular weight is 568 g/mol. The molecule has 13 nitrogen and oxygen atoms in total. The molecule has 1 fully saturated rings. The zero-order valence-corrected chi connectivity index (χ0v) is 23.6. The molecular formula is C27H41N3O10. The molecule has 6 N–H and O–H groups in total. The topological polar surface area (TPSA) is 193 Å². The van der Waals surface area contributed by atoms with Crippen LogP contribution in [0.5, 0.6) is 0 Å². The second kappa shape index (κ2) is 14.4. The normalized spacial score (nSPS) is 24.4. The van der Waals surface area contributed by atoms with E-state index in [0.29, 0.717) is 5.56 Å². The number of carbonyl (C=O) groups is 4. The van der Waals surface area contributed by atoms with E-state index in [2.05, 4.69) is 16.0 Å². The van der Waals surface area contributed by atoms with E-state index in [9.17, 15) is 34.5 Å². The minimum atomic E-state index is -1.89. The minimum Gasteiger partial charge on any atom is -0.469 e. The minimum absolute atomic E-state index is 0.0237. The van der Waals surface area contributed by atoms with Gasteiger partial charge in [-0.15, -0.1) is 0 Å². The maximum Gasteiger partial charge on any atom is 0.408 e. The quantitative estimate of drug-likeness (QED) is 0.214. The van der Waals surface area contributed by atoms with Crippen molar-refractivity contribution in [3.63, 3.8) is 0 Å². The molecule has 0 bridgehead atoms. The molecule has 0 radical (unpaired) electrons. The van der Waals surface area contributed by atoms with Crippen LogP contribution in [0.25, 0.3) is 0 Å². The molecule has 1 saturated heterocycles. The maximum atomic E-state index is 13.0. The maximum absolute atomic E-state index is 13.0. The number of benzene rings is 1. The van der Waals surface area contributed by atoms with Gasteiger partial charge in [-0.2, -0.15) is 0 Å². The fourth-order valence-electron chi connectivity index (χ4n) is 4.11. The fourth-order valence-corrected chi connectivity index (χ4v) is 4.11. The number of hydrogen-bond acceptors (Lipinski definition) is 10. The molecule has 40 heavy (non-hydrogen) atoms. The predicted molar refractivity (Wildman–Crippen MR) is 141 cm³/mol. The number of ether oxygens (including phenoxy) is 3. The van der Waals surface area contributed by atoms with Crippen molar-refractivity contribution in [3.05, 3.63) is 35.9 Å². The Hall–Kier alpha value is -3.26. The van der Waals surface area contributed by atoms with Gasteiger partial charge in [-0.25, -0.2) is 4.79 Å². The molecule has 1 unspecified atom stereocenters. The molecule has 0 spiro atoms. The third kappa shape index (κ3) is 9.73. The van der Waals surface area contributed by atoms with Crippen molar-refractivity contribution in [3.8, 4) is 0 Å². The van der Waals surface area contributed by atoms with Gasteiger partial charge in [-0.05, 0) is 38.7 Å². The molecule has 1 aliphatic rings. The number of nitrogens with one attached hydrogen (secondary N) is 3. The van der Waals surface area contributed by atoms with Crippen molar-refractivity contribution >= 4 is 23.9 Å². The lowest BCUT2D eigenvalue weighted by molar-refractivity contribution is -0.243. The smallest absolute Gasteiger partial charge is 0.408 e. The van der Waals surface area contributed by atoms with Crippen LogP contribution in [0.2, 0.25) is 0 Å². The Morgan fingerprint density at radius 2 is 1.62 bits per heavy atom. The highest BCUT2D eigenvalue weighted by atomic mass is 16.6. The molecular weight excluding hydrogens is 526 g/mol. The lowest BCUT2D eigenvalue weighted by Gasteiger charge is -2.41. The van der Waals surface area contributed by atoms with Crippen molar-refractivity contribution < 1.29 is 48.7 Å². The van der Waals surface area contributed by atoms with Crippen LogP contribution in [0.3, 0.4) is 0 Å². The van der Waals surface area contributed by atoms with Crippen LogP contribution in [-0.4, -0.2) is 88.6 Å². The lowest BCUT2D eigenvalue weighted by Crippen LogP contribution is -2.67. The van der Waals surface area contributed by atoms with Crippen LogP contribution in [0, 0.1) is 5.92 Å². The number of esters is 1. The van der Waals surface area contributed by atoms with Gasteiger partial charge in [-0.1, -0.05) is 44.2 Å². The zero-order chi connectivity index (χ0) is 30.2. The Bertz CT molecular complexity index is 1010. The summed E-state index contributed by atoms with van der Waals surface area (Å²) in [7, 11) is 1.20. The third-order valence-electron chi connectivity index (χ3n) is 6.02. The van der Waals surface area contributed by atoms with E-state index in [1.54, 1.807) is 51.1 Å². The Labute approximate surface area is 233 Å². The number of methoxy groups -OCH3 is 1. The van der Waals surface area contributed by atoms with Gasteiger partial charge in [0.2, 0.25) is 5.91 Å². The highest BCUT2D eigenvalue weighted by Gasteiger charge is 2.48. The molecule has 1 aromatic carbocycles. The Kier molecular flexibility index (Phi) is 11.9. The predicted octanol–water partition coefficient (Wildman–Crippen LogP) is 0.270. The number of amides is 3. The van der Waals surface area contributed by atoms with Gasteiger partial charge in [0, 0.05) is 0 Å². The van der Waals surface area contributed by atoms with E-state index >= 15 is 0 Å². The summed E-state index contributed by atoms with van der Waals surface area (Å²) in [6.45, 7) is 8.67. The van der Waals surface area contributed by atoms with E-state index < -0.39 is 72.2 Å². The first-order valence-electron chi connectivity index (χ1n) is 13.0. The average Bonchev–Trinajstić information content (AvgIpc) is 2.86. The number of aliphatic hydroxyl groups is 3. The van der Waals surface area contributed by atoms with Gasteiger partial charge in [0.25, 0.3) is 5.91 Å². The summed E-state index contributed by atoms with van der Waals surface area (Å²) in [5.74, 6) is -2.29. The molecule has 7 atom stereocenters. The Morgan fingerprint density at radius 1 is 1.00 bits per heavy atom. The van der Waals surface area contributed by atoms with Crippen LogP contribution >= 0.6 is 0 Å². The van der Waals surface area contributed by atoms with E-state index in [-0.39, 0.29) is 18.8 Å². The van der Waals surface area contributed by atoms with E-state index in [1.165, 1.54) is 7.11 Å². The highest BCUT2D eigenvalue weighted by molar-refractivity contribution is 5.86. The molecule has 0 saturated carbocycles. The summed E-state index contributed by atoms with van der Waals surface area (Å²) in [6.07, 6.45) is -8.14. The van der Waals surface area contributed by atoms with E-state index in [1.807, 2.05) is 13.8 Å². The third-order valence-corrected chi connectivity index (χ3v) is 6.02. The van der Waals surface area contributed by atoms with Crippen LogP contribution in [0.1, 0.15) is 59.1 Å². The molecule has 13 heteroatoms.